The summed E-state index contributed by atoms with van der Waals surface area (Å²) in [6.07, 6.45) is 6.47. The highest BCUT2D eigenvalue weighted by atomic mass is 32.2. The Bertz CT molecular complexity index is 1650. The van der Waals surface area contributed by atoms with Crippen LogP contribution < -0.4 is 9.46 Å². The van der Waals surface area contributed by atoms with E-state index in [1.54, 1.807) is 24.0 Å². The van der Waals surface area contributed by atoms with E-state index >= 15 is 0 Å². The summed E-state index contributed by atoms with van der Waals surface area (Å²) in [6.45, 7) is 0. The molecule has 3 heterocycles. The molecule has 5 rings (SSSR count). The first kappa shape index (κ1) is 23.2. The first-order chi connectivity index (χ1) is 17.5. The summed E-state index contributed by atoms with van der Waals surface area (Å²) >= 11 is 1.16. The third kappa shape index (κ3) is 4.93. The predicted octanol–water partition coefficient (Wildman–Crippen LogP) is 5.73. The van der Waals surface area contributed by atoms with Crippen LogP contribution in [0.2, 0.25) is 0 Å². The number of rotatable bonds is 7. The fourth-order valence-electron chi connectivity index (χ4n) is 3.46. The molecule has 36 heavy (non-hydrogen) atoms. The van der Waals surface area contributed by atoms with Gasteiger partial charge < -0.3 is 4.74 Å². The second kappa shape index (κ2) is 9.95. The van der Waals surface area contributed by atoms with Crippen molar-refractivity contribution in [2.24, 2.45) is 0 Å². The van der Waals surface area contributed by atoms with Gasteiger partial charge in [0.05, 0.1) is 22.3 Å². The van der Waals surface area contributed by atoms with Gasteiger partial charge in [0.15, 0.2) is 10.9 Å². The highest BCUT2D eigenvalue weighted by Gasteiger charge is 2.19. The number of benzene rings is 2. The van der Waals surface area contributed by atoms with Crippen molar-refractivity contribution in [3.63, 3.8) is 0 Å². The zero-order valence-electron chi connectivity index (χ0n) is 18.6. The standard InChI is InChI=1S/C26H17N5O3S2/c27-15-20-13-21(36(32,33)31-26-29-11-12-35-26)8-9-24(20)34-25-17-30-23(18-5-2-1-3-6-18)14-22(25)19-7-4-10-28-16-19/h1-14,16-17H,(H,29,31). The van der Waals surface area contributed by atoms with E-state index in [0.29, 0.717) is 5.75 Å². The van der Waals surface area contributed by atoms with Crippen molar-refractivity contribution in [1.82, 2.24) is 15.0 Å². The summed E-state index contributed by atoms with van der Waals surface area (Å²) in [5.74, 6) is 0.598. The normalized spacial score (nSPS) is 11.0. The molecule has 0 saturated carbocycles. The van der Waals surface area contributed by atoms with Crippen LogP contribution in [0.3, 0.4) is 0 Å². The Labute approximate surface area is 211 Å². The van der Waals surface area contributed by atoms with E-state index in [2.05, 4.69) is 19.7 Å². The Morgan fingerprint density at radius 1 is 0.889 bits per heavy atom. The lowest BCUT2D eigenvalue weighted by Gasteiger charge is -2.14. The number of nitriles is 1. The summed E-state index contributed by atoms with van der Waals surface area (Å²) in [5.41, 5.74) is 3.27. The highest BCUT2D eigenvalue weighted by molar-refractivity contribution is 7.93. The van der Waals surface area contributed by atoms with Crippen LogP contribution in [0, 0.1) is 11.3 Å². The lowest BCUT2D eigenvalue weighted by Crippen LogP contribution is -2.13. The van der Waals surface area contributed by atoms with Crippen LogP contribution in [-0.2, 0) is 10.0 Å². The molecule has 0 fully saturated rings. The molecule has 5 aromatic rings. The molecule has 176 valence electrons. The van der Waals surface area contributed by atoms with Crippen molar-refractivity contribution in [3.8, 4) is 40.0 Å². The van der Waals surface area contributed by atoms with Crippen molar-refractivity contribution in [2.75, 3.05) is 4.72 Å². The van der Waals surface area contributed by atoms with Gasteiger partial charge in [0.1, 0.15) is 11.8 Å². The second-order valence-electron chi connectivity index (χ2n) is 7.49. The Kier molecular flexibility index (Phi) is 6.40. The molecule has 0 aliphatic heterocycles. The van der Waals surface area contributed by atoms with Crippen LogP contribution in [0.1, 0.15) is 5.56 Å². The topological polar surface area (TPSA) is 118 Å². The smallest absolute Gasteiger partial charge is 0.263 e. The quantitative estimate of drug-likeness (QED) is 0.296. The predicted molar refractivity (Wildman–Crippen MR) is 137 cm³/mol. The molecule has 0 unspecified atom stereocenters. The SMILES string of the molecule is N#Cc1cc(S(=O)(=O)Nc2nccs2)ccc1Oc1cnc(-c2ccccc2)cc1-c1cccnc1. The molecule has 0 amide bonds. The number of pyridine rings is 2. The molecule has 0 saturated heterocycles. The van der Waals surface area contributed by atoms with Crippen LogP contribution >= 0.6 is 11.3 Å². The van der Waals surface area contributed by atoms with Crippen LogP contribution in [0.5, 0.6) is 11.5 Å². The Balaban J connectivity index is 1.52. The van der Waals surface area contributed by atoms with Crippen LogP contribution in [-0.4, -0.2) is 23.4 Å². The maximum atomic E-state index is 12.7. The molecular weight excluding hydrogens is 494 g/mol. The number of nitrogens with one attached hydrogen (secondary N) is 1. The summed E-state index contributed by atoms with van der Waals surface area (Å²) < 4.78 is 34.0. The molecule has 10 heteroatoms. The van der Waals surface area contributed by atoms with Gasteiger partial charge in [0.2, 0.25) is 0 Å². The number of hydrogen-bond donors (Lipinski definition) is 1. The third-order valence-corrected chi connectivity index (χ3v) is 7.32. The monoisotopic (exact) mass is 511 g/mol. The van der Waals surface area contributed by atoms with E-state index < -0.39 is 10.0 Å². The number of hydrogen-bond acceptors (Lipinski definition) is 8. The van der Waals surface area contributed by atoms with Gasteiger partial charge in [-0.25, -0.2) is 13.4 Å². The fourth-order valence-corrected chi connectivity index (χ4v) is 5.27. The number of anilines is 1. The molecule has 0 atom stereocenters. The molecule has 0 spiro atoms. The molecule has 3 aromatic heterocycles. The summed E-state index contributed by atoms with van der Waals surface area (Å²) in [7, 11) is -3.92. The van der Waals surface area contributed by atoms with E-state index in [0.717, 1.165) is 33.7 Å². The molecule has 0 aliphatic carbocycles. The Morgan fingerprint density at radius 2 is 1.72 bits per heavy atom. The van der Waals surface area contributed by atoms with Crippen LogP contribution in [0.4, 0.5) is 5.13 Å². The van der Waals surface area contributed by atoms with Crippen molar-refractivity contribution >= 4 is 26.5 Å². The average Bonchev–Trinajstić information content (AvgIpc) is 3.42. The van der Waals surface area contributed by atoms with E-state index in [9.17, 15) is 13.7 Å². The minimum absolute atomic E-state index is 0.0567. The summed E-state index contributed by atoms with van der Waals surface area (Å²) in [4.78, 5) is 12.6. The molecule has 0 aliphatic rings. The van der Waals surface area contributed by atoms with E-state index in [4.69, 9.17) is 4.74 Å². The fraction of sp³-hybridized carbons (Fsp3) is 0. The summed E-state index contributed by atoms with van der Waals surface area (Å²) in [6, 6.07) is 21.4. The van der Waals surface area contributed by atoms with Crippen LogP contribution in [0.25, 0.3) is 22.4 Å². The maximum Gasteiger partial charge on any atom is 0.263 e. The van der Waals surface area contributed by atoms with Gasteiger partial charge in [-0.3, -0.25) is 14.7 Å². The van der Waals surface area contributed by atoms with Gasteiger partial charge in [-0.1, -0.05) is 36.4 Å². The first-order valence-corrected chi connectivity index (χ1v) is 13.0. The van der Waals surface area contributed by atoms with E-state index in [1.807, 2.05) is 54.6 Å². The minimum atomic E-state index is -3.92. The lowest BCUT2D eigenvalue weighted by molar-refractivity contribution is 0.480. The minimum Gasteiger partial charge on any atom is -0.454 e. The number of ether oxygens (including phenoxy) is 1. The summed E-state index contributed by atoms with van der Waals surface area (Å²) in [5, 5.41) is 11.6. The highest BCUT2D eigenvalue weighted by Crippen LogP contribution is 2.36. The number of thiazole rings is 1. The van der Waals surface area contributed by atoms with E-state index in [-0.39, 0.29) is 21.3 Å². The number of sulfonamides is 1. The zero-order valence-corrected chi connectivity index (χ0v) is 20.2. The third-order valence-electron chi connectivity index (χ3n) is 5.17. The second-order valence-corrected chi connectivity index (χ2v) is 10.1. The number of aromatic nitrogens is 3. The van der Waals surface area contributed by atoms with Gasteiger partial charge >= 0.3 is 0 Å². The van der Waals surface area contributed by atoms with Crippen molar-refractivity contribution < 1.29 is 13.2 Å². The van der Waals surface area contributed by atoms with Gasteiger partial charge in [-0.05, 0) is 30.3 Å². The van der Waals surface area contributed by atoms with Gasteiger partial charge in [-0.2, -0.15) is 5.26 Å². The Hall–Kier alpha value is -4.59. The van der Waals surface area contributed by atoms with Gasteiger partial charge in [0.25, 0.3) is 10.0 Å². The zero-order chi connectivity index (χ0) is 25.0. The number of nitrogens with zero attached hydrogens (tertiary/aromatic N) is 4. The average molecular weight is 512 g/mol. The molecule has 0 radical (unpaired) electrons. The largest absolute Gasteiger partial charge is 0.454 e. The molecule has 0 bridgehead atoms. The van der Waals surface area contributed by atoms with Crippen LogP contribution in [0.15, 0.2) is 102 Å². The van der Waals surface area contributed by atoms with Crippen molar-refractivity contribution in [1.29, 1.82) is 5.26 Å². The lowest BCUT2D eigenvalue weighted by atomic mass is 10.0. The molecule has 1 N–H and O–H groups in total. The van der Waals surface area contributed by atoms with Gasteiger partial charge in [0, 0.05) is 40.7 Å². The Morgan fingerprint density at radius 3 is 2.44 bits per heavy atom. The van der Waals surface area contributed by atoms with Crippen molar-refractivity contribution in [2.45, 2.75) is 4.90 Å². The molecule has 2 aromatic carbocycles. The molecule has 8 nitrogen and oxygen atoms in total. The maximum absolute atomic E-state index is 12.7. The van der Waals surface area contributed by atoms with Gasteiger partial charge in [-0.15, -0.1) is 11.3 Å². The van der Waals surface area contributed by atoms with E-state index in [1.165, 1.54) is 24.4 Å². The first-order valence-electron chi connectivity index (χ1n) is 10.6. The van der Waals surface area contributed by atoms with Crippen molar-refractivity contribution in [3.05, 3.63) is 102 Å². The molecular formula is C26H17N5O3S2.